The number of hydrogen-bond acceptors (Lipinski definition) is 6. The fourth-order valence-electron chi connectivity index (χ4n) is 2.71. The second-order valence-electron chi connectivity index (χ2n) is 5.51. The summed E-state index contributed by atoms with van der Waals surface area (Å²) in [6, 6.07) is 2.60. The number of aromatic amines is 2. The number of halogens is 1. The zero-order valence-corrected chi connectivity index (χ0v) is 14.2. The molecule has 0 atom stereocenters. The van der Waals surface area contributed by atoms with E-state index >= 15 is 0 Å². The van der Waals surface area contributed by atoms with Crippen LogP contribution in [-0.2, 0) is 11.3 Å². The number of non-ortho nitro benzene ring substituents is 1. The number of rotatable bonds is 3. The number of benzene rings is 1. The number of Topliss-reactive ketones (excluding diaryl/α,β-unsaturated/α-hetero) is 1. The Morgan fingerprint density at radius 2 is 1.71 bits per heavy atom. The van der Waals surface area contributed by atoms with E-state index in [1.165, 1.54) is 12.1 Å². The number of nitro groups is 1. The maximum atomic E-state index is 11.5. The van der Waals surface area contributed by atoms with Crippen LogP contribution in [0.4, 0.5) is 5.69 Å². The number of H-pyrrole nitrogens is 2. The van der Waals surface area contributed by atoms with E-state index in [1.54, 1.807) is 0 Å². The van der Waals surface area contributed by atoms with Gasteiger partial charge in [-0.3, -0.25) is 29.4 Å². The first-order chi connectivity index (χ1) is 10.9. The first-order valence-corrected chi connectivity index (χ1v) is 7.12. The molecule has 0 bridgehead atoms. The molecule has 1 aliphatic rings. The fourth-order valence-corrected chi connectivity index (χ4v) is 2.71. The van der Waals surface area contributed by atoms with Crippen molar-refractivity contribution in [3.05, 3.63) is 48.5 Å². The number of fused-ring (bicyclic) bond motifs is 1. The number of nitrogens with one attached hydrogen (secondary N) is 2. The van der Waals surface area contributed by atoms with Gasteiger partial charge in [0.25, 0.3) is 5.69 Å². The normalized spacial score (nSPS) is 15.2. The zero-order valence-electron chi connectivity index (χ0n) is 12.5. The van der Waals surface area contributed by atoms with Gasteiger partial charge in [-0.2, -0.15) is 0 Å². The molecule has 0 amide bonds. The Kier molecular flexibility index (Phi) is 5.30. The number of piperidine rings is 1. The minimum atomic E-state index is -0.854. The summed E-state index contributed by atoms with van der Waals surface area (Å²) in [7, 11) is 0. The van der Waals surface area contributed by atoms with Gasteiger partial charge in [0.2, 0.25) is 0 Å². The van der Waals surface area contributed by atoms with Gasteiger partial charge < -0.3 is 9.97 Å². The van der Waals surface area contributed by atoms with Crippen molar-refractivity contribution in [3.63, 3.8) is 0 Å². The Labute approximate surface area is 145 Å². The monoisotopic (exact) mass is 398 g/mol. The minimum Gasteiger partial charge on any atom is -0.316 e. The lowest BCUT2D eigenvalue weighted by Gasteiger charge is -2.26. The van der Waals surface area contributed by atoms with E-state index in [0.29, 0.717) is 43.6 Å². The van der Waals surface area contributed by atoms with Gasteiger partial charge in [-0.15, -0.1) is 17.0 Å². The smallest absolute Gasteiger partial charge is 0.314 e. The van der Waals surface area contributed by atoms with Crippen molar-refractivity contribution in [1.82, 2.24) is 14.9 Å². The van der Waals surface area contributed by atoms with Crippen molar-refractivity contribution in [2.75, 3.05) is 13.1 Å². The van der Waals surface area contributed by atoms with Gasteiger partial charge >= 0.3 is 11.1 Å². The fraction of sp³-hybridized carbons (Fsp3) is 0.357. The van der Waals surface area contributed by atoms with Crippen molar-refractivity contribution in [2.45, 2.75) is 19.4 Å². The van der Waals surface area contributed by atoms with E-state index in [4.69, 9.17) is 0 Å². The third-order valence-electron chi connectivity index (χ3n) is 3.92. The predicted molar refractivity (Wildman–Crippen MR) is 91.7 cm³/mol. The predicted octanol–water partition coefficient (Wildman–Crippen LogP) is 0.867. The average molecular weight is 399 g/mol. The number of nitro benzene ring substituents is 1. The molecule has 0 spiro atoms. The van der Waals surface area contributed by atoms with Crippen molar-refractivity contribution in [1.29, 1.82) is 0 Å². The van der Waals surface area contributed by atoms with E-state index in [1.807, 2.05) is 4.90 Å². The summed E-state index contributed by atoms with van der Waals surface area (Å²) >= 11 is 0. The highest BCUT2D eigenvalue weighted by Gasteiger charge is 2.19. The van der Waals surface area contributed by atoms with E-state index in [2.05, 4.69) is 9.97 Å². The summed E-state index contributed by atoms with van der Waals surface area (Å²) in [5, 5.41) is 11.1. The van der Waals surface area contributed by atoms with Gasteiger partial charge in [0.15, 0.2) is 0 Å². The van der Waals surface area contributed by atoms with Gasteiger partial charge in [0.05, 0.1) is 16.0 Å². The molecule has 1 aromatic carbocycles. The topological polar surface area (TPSA) is 129 Å². The van der Waals surface area contributed by atoms with Crippen molar-refractivity contribution in [2.24, 2.45) is 0 Å². The summed E-state index contributed by atoms with van der Waals surface area (Å²) in [5.74, 6) is 0.197. The van der Waals surface area contributed by atoms with Crippen LogP contribution >= 0.6 is 17.0 Å². The SMILES string of the molecule is Br.O=C1CCN(Cc2cc([N+](=O)[O-])cc3[nH]c(=O)c(=O)[nH]c23)CC1. The number of nitrogens with zero attached hydrogens (tertiary/aromatic N) is 2. The summed E-state index contributed by atoms with van der Waals surface area (Å²) in [6.45, 7) is 1.49. The first-order valence-electron chi connectivity index (χ1n) is 7.12. The largest absolute Gasteiger partial charge is 0.316 e. The molecule has 1 aliphatic heterocycles. The molecule has 1 aromatic heterocycles. The van der Waals surface area contributed by atoms with Crippen LogP contribution in [0.3, 0.4) is 0 Å². The highest BCUT2D eigenvalue weighted by Crippen LogP contribution is 2.23. The Hall–Kier alpha value is -2.33. The zero-order chi connectivity index (χ0) is 16.6. The molecule has 9 nitrogen and oxygen atoms in total. The van der Waals surface area contributed by atoms with Crippen molar-refractivity contribution < 1.29 is 9.72 Å². The number of carbonyl (C=O) groups is 1. The van der Waals surface area contributed by atoms with Crippen LogP contribution in [0.2, 0.25) is 0 Å². The lowest BCUT2D eigenvalue weighted by Crippen LogP contribution is -2.34. The molecule has 2 N–H and O–H groups in total. The Balaban J connectivity index is 0.00000208. The molecular formula is C14H15BrN4O5. The summed E-state index contributed by atoms with van der Waals surface area (Å²) in [6.07, 6.45) is 0.889. The van der Waals surface area contributed by atoms with E-state index < -0.39 is 16.0 Å². The summed E-state index contributed by atoms with van der Waals surface area (Å²) in [5.41, 5.74) is -0.696. The van der Waals surface area contributed by atoms with Crippen LogP contribution in [-0.4, -0.2) is 38.7 Å². The quantitative estimate of drug-likeness (QED) is 0.448. The van der Waals surface area contributed by atoms with Crippen LogP contribution in [0.15, 0.2) is 21.7 Å². The highest BCUT2D eigenvalue weighted by atomic mass is 79.9. The number of ketones is 1. The molecule has 0 radical (unpaired) electrons. The molecule has 10 heteroatoms. The summed E-state index contributed by atoms with van der Waals surface area (Å²) < 4.78 is 0. The van der Waals surface area contributed by atoms with Gasteiger partial charge in [0.1, 0.15) is 5.78 Å². The molecule has 2 heterocycles. The molecule has 0 saturated carbocycles. The maximum absolute atomic E-state index is 11.5. The van der Waals surface area contributed by atoms with Crippen LogP contribution in [0.5, 0.6) is 0 Å². The van der Waals surface area contributed by atoms with Crippen LogP contribution in [0.1, 0.15) is 18.4 Å². The third-order valence-corrected chi connectivity index (χ3v) is 3.92. The lowest BCUT2D eigenvalue weighted by molar-refractivity contribution is -0.384. The number of likely N-dealkylation sites (tertiary alicyclic amines) is 1. The second-order valence-corrected chi connectivity index (χ2v) is 5.51. The maximum Gasteiger partial charge on any atom is 0.314 e. The Morgan fingerprint density at radius 1 is 1.08 bits per heavy atom. The van der Waals surface area contributed by atoms with E-state index in [9.17, 15) is 24.5 Å². The number of aromatic nitrogens is 2. The molecule has 0 aliphatic carbocycles. The molecule has 2 aromatic rings. The summed E-state index contributed by atoms with van der Waals surface area (Å²) in [4.78, 5) is 51.6. The molecule has 24 heavy (non-hydrogen) atoms. The Morgan fingerprint density at radius 3 is 2.33 bits per heavy atom. The van der Waals surface area contributed by atoms with Gasteiger partial charge in [0, 0.05) is 44.6 Å². The van der Waals surface area contributed by atoms with Crippen molar-refractivity contribution >= 4 is 39.5 Å². The van der Waals surface area contributed by atoms with Gasteiger partial charge in [-0.05, 0) is 5.56 Å². The second kappa shape index (κ2) is 7.05. The van der Waals surface area contributed by atoms with Crippen LogP contribution < -0.4 is 11.1 Å². The number of hydrogen-bond donors (Lipinski definition) is 2. The molecule has 1 saturated heterocycles. The standard InChI is InChI=1S/C14H14N4O5.BrH/c19-10-1-3-17(4-2-10)7-8-5-9(18(22)23)6-11-12(8)16-14(21)13(20)15-11;/h5-6H,1-4,7H2,(H,15,20)(H,16,21);1H. The Bertz CT molecular complexity index is 910. The molecule has 1 fully saturated rings. The average Bonchev–Trinajstić information content (AvgIpc) is 2.51. The number of carbonyl (C=O) groups excluding carboxylic acids is 1. The van der Waals surface area contributed by atoms with Crippen LogP contribution in [0, 0.1) is 10.1 Å². The van der Waals surface area contributed by atoms with Crippen molar-refractivity contribution in [3.8, 4) is 0 Å². The lowest BCUT2D eigenvalue weighted by atomic mass is 10.1. The van der Waals surface area contributed by atoms with Crippen LogP contribution in [0.25, 0.3) is 11.0 Å². The van der Waals surface area contributed by atoms with Gasteiger partial charge in [-0.25, -0.2) is 0 Å². The molecule has 128 valence electrons. The molecule has 0 unspecified atom stereocenters. The highest BCUT2D eigenvalue weighted by molar-refractivity contribution is 8.93. The molecular weight excluding hydrogens is 384 g/mol. The van der Waals surface area contributed by atoms with Gasteiger partial charge in [-0.1, -0.05) is 0 Å². The third kappa shape index (κ3) is 3.60. The van der Waals surface area contributed by atoms with E-state index in [0.717, 1.165) is 0 Å². The van der Waals surface area contributed by atoms with E-state index in [-0.39, 0.29) is 34.0 Å². The first kappa shape index (κ1) is 18.0. The molecule has 3 rings (SSSR count). The minimum absolute atomic E-state index is 0.